The van der Waals surface area contributed by atoms with Gasteiger partial charge >= 0.3 is 0 Å². The van der Waals surface area contributed by atoms with Crippen LogP contribution in [0.3, 0.4) is 0 Å². The number of sulfonamides is 1. The average molecular weight is 469 g/mol. The lowest BCUT2D eigenvalue weighted by atomic mass is 10.1. The van der Waals surface area contributed by atoms with Gasteiger partial charge in [0.2, 0.25) is 10.0 Å². The summed E-state index contributed by atoms with van der Waals surface area (Å²) in [6, 6.07) is 13.1. The Morgan fingerprint density at radius 3 is 2.42 bits per heavy atom. The predicted octanol–water partition coefficient (Wildman–Crippen LogP) is 2.96. The Bertz CT molecular complexity index is 1310. The largest absolute Gasteiger partial charge is 0.335 e. The molecule has 1 amide bonds. The Hall–Kier alpha value is -3.04. The van der Waals surface area contributed by atoms with Crippen LogP contribution in [-0.4, -0.2) is 59.5 Å². The van der Waals surface area contributed by atoms with E-state index < -0.39 is 15.8 Å². The van der Waals surface area contributed by atoms with E-state index in [0.29, 0.717) is 5.69 Å². The van der Waals surface area contributed by atoms with E-state index in [9.17, 15) is 17.6 Å². The molecule has 33 heavy (non-hydrogen) atoms. The van der Waals surface area contributed by atoms with E-state index in [2.05, 4.69) is 5.10 Å². The Balaban J connectivity index is 1.35. The van der Waals surface area contributed by atoms with Gasteiger partial charge in [-0.1, -0.05) is 23.8 Å². The van der Waals surface area contributed by atoms with Crippen molar-refractivity contribution in [2.24, 2.45) is 0 Å². The summed E-state index contributed by atoms with van der Waals surface area (Å²) in [6.07, 6.45) is 2.68. The molecule has 0 saturated carbocycles. The van der Waals surface area contributed by atoms with E-state index in [0.717, 1.165) is 47.8 Å². The SMILES string of the molecule is Cc1ccc(-n2nc(C(=O)N3CCN(S(=O)(=O)c4cccc(F)c4)CC3)c3c2CCC3)cc1. The molecule has 1 aliphatic heterocycles. The molecule has 0 radical (unpaired) electrons. The lowest BCUT2D eigenvalue weighted by Crippen LogP contribution is -2.50. The number of piperazine rings is 1. The molecule has 0 bridgehead atoms. The highest BCUT2D eigenvalue weighted by molar-refractivity contribution is 7.89. The molecule has 172 valence electrons. The maximum Gasteiger partial charge on any atom is 0.274 e. The summed E-state index contributed by atoms with van der Waals surface area (Å²) in [5.41, 5.74) is 4.63. The number of rotatable bonds is 4. The highest BCUT2D eigenvalue weighted by Gasteiger charge is 2.34. The summed E-state index contributed by atoms with van der Waals surface area (Å²) in [6.45, 7) is 2.87. The highest BCUT2D eigenvalue weighted by atomic mass is 32.2. The first-order valence-corrected chi connectivity index (χ1v) is 12.5. The van der Waals surface area contributed by atoms with Crippen molar-refractivity contribution in [3.05, 3.63) is 76.9 Å². The van der Waals surface area contributed by atoms with Gasteiger partial charge in [-0.3, -0.25) is 4.79 Å². The van der Waals surface area contributed by atoms with Crippen LogP contribution in [0.4, 0.5) is 4.39 Å². The van der Waals surface area contributed by atoms with Gasteiger partial charge in [-0.15, -0.1) is 0 Å². The molecule has 5 rings (SSSR count). The third-order valence-corrected chi connectivity index (χ3v) is 8.27. The molecule has 1 saturated heterocycles. The van der Waals surface area contributed by atoms with Crippen LogP contribution < -0.4 is 0 Å². The number of nitrogens with zero attached hydrogens (tertiary/aromatic N) is 4. The van der Waals surface area contributed by atoms with E-state index in [1.165, 1.54) is 22.5 Å². The van der Waals surface area contributed by atoms with Crippen molar-refractivity contribution in [2.75, 3.05) is 26.2 Å². The summed E-state index contributed by atoms with van der Waals surface area (Å²) in [4.78, 5) is 15.0. The number of aromatic nitrogens is 2. The maximum absolute atomic E-state index is 13.5. The second-order valence-corrected chi connectivity index (χ2v) is 10.5. The van der Waals surface area contributed by atoms with Crippen molar-refractivity contribution < 1.29 is 17.6 Å². The van der Waals surface area contributed by atoms with E-state index >= 15 is 0 Å². The van der Waals surface area contributed by atoms with Gasteiger partial charge in [0.05, 0.1) is 10.6 Å². The molecule has 1 fully saturated rings. The number of carbonyl (C=O) groups is 1. The minimum absolute atomic E-state index is 0.0723. The first kappa shape index (κ1) is 21.8. The number of aryl methyl sites for hydroxylation is 1. The molecule has 2 aliphatic rings. The molecule has 1 aliphatic carbocycles. The molecule has 3 aromatic rings. The first-order valence-electron chi connectivity index (χ1n) is 11.1. The van der Waals surface area contributed by atoms with Crippen molar-refractivity contribution in [3.63, 3.8) is 0 Å². The monoisotopic (exact) mass is 468 g/mol. The Morgan fingerprint density at radius 2 is 1.73 bits per heavy atom. The van der Waals surface area contributed by atoms with E-state index in [1.807, 2.05) is 35.9 Å². The predicted molar refractivity (Wildman–Crippen MR) is 121 cm³/mol. The second-order valence-electron chi connectivity index (χ2n) is 8.53. The number of amides is 1. The number of carbonyl (C=O) groups excluding carboxylic acids is 1. The number of benzene rings is 2. The number of hydrogen-bond acceptors (Lipinski definition) is 4. The van der Waals surface area contributed by atoms with Crippen molar-refractivity contribution in [1.29, 1.82) is 0 Å². The molecular formula is C24H25FN4O3S. The highest BCUT2D eigenvalue weighted by Crippen LogP contribution is 2.29. The van der Waals surface area contributed by atoms with Crippen LogP contribution in [0.15, 0.2) is 53.4 Å². The molecule has 7 nitrogen and oxygen atoms in total. The third kappa shape index (κ3) is 3.95. The Morgan fingerprint density at radius 1 is 1.00 bits per heavy atom. The zero-order chi connectivity index (χ0) is 23.2. The van der Waals surface area contributed by atoms with Crippen molar-refractivity contribution in [2.45, 2.75) is 31.1 Å². The molecule has 2 aromatic carbocycles. The lowest BCUT2D eigenvalue weighted by molar-refractivity contribution is 0.0690. The minimum atomic E-state index is -3.81. The van der Waals surface area contributed by atoms with Gasteiger partial charge in [0, 0.05) is 37.4 Å². The van der Waals surface area contributed by atoms with Crippen LogP contribution in [-0.2, 0) is 22.9 Å². The van der Waals surface area contributed by atoms with E-state index in [-0.39, 0.29) is 37.0 Å². The summed E-state index contributed by atoms with van der Waals surface area (Å²) < 4.78 is 42.4. The number of halogens is 1. The number of fused-ring (bicyclic) bond motifs is 1. The Labute approximate surface area is 192 Å². The van der Waals surface area contributed by atoms with Crippen LogP contribution in [0.2, 0.25) is 0 Å². The third-order valence-electron chi connectivity index (χ3n) is 6.37. The zero-order valence-corrected chi connectivity index (χ0v) is 19.2. The van der Waals surface area contributed by atoms with E-state index in [1.54, 1.807) is 4.90 Å². The zero-order valence-electron chi connectivity index (χ0n) is 18.4. The van der Waals surface area contributed by atoms with Crippen molar-refractivity contribution in [1.82, 2.24) is 19.0 Å². The van der Waals surface area contributed by atoms with Gasteiger partial charge in [0.15, 0.2) is 5.69 Å². The Kier molecular flexibility index (Phi) is 5.54. The van der Waals surface area contributed by atoms with Crippen LogP contribution in [0.5, 0.6) is 0 Å². The normalized spacial score (nSPS) is 16.7. The van der Waals surface area contributed by atoms with Gasteiger partial charge in [0.25, 0.3) is 5.91 Å². The molecule has 9 heteroatoms. The van der Waals surface area contributed by atoms with Crippen molar-refractivity contribution >= 4 is 15.9 Å². The summed E-state index contributed by atoms with van der Waals surface area (Å²) in [5.74, 6) is -0.760. The summed E-state index contributed by atoms with van der Waals surface area (Å²) in [5, 5.41) is 4.68. The molecule has 0 spiro atoms. The van der Waals surface area contributed by atoms with E-state index in [4.69, 9.17) is 0 Å². The average Bonchev–Trinajstić information content (AvgIpc) is 3.42. The van der Waals surface area contributed by atoms with Crippen molar-refractivity contribution in [3.8, 4) is 5.69 Å². The van der Waals surface area contributed by atoms with Crippen LogP contribution in [0.1, 0.15) is 33.7 Å². The molecule has 2 heterocycles. The number of hydrogen-bond donors (Lipinski definition) is 0. The maximum atomic E-state index is 13.5. The van der Waals surface area contributed by atoms with Gasteiger partial charge in [-0.05, 0) is 56.5 Å². The molecule has 0 unspecified atom stereocenters. The quantitative estimate of drug-likeness (QED) is 0.590. The molecule has 1 aromatic heterocycles. The van der Waals surface area contributed by atoms with Crippen LogP contribution in [0.25, 0.3) is 5.69 Å². The topological polar surface area (TPSA) is 75.5 Å². The minimum Gasteiger partial charge on any atom is -0.335 e. The fraction of sp³-hybridized carbons (Fsp3) is 0.333. The smallest absolute Gasteiger partial charge is 0.274 e. The fourth-order valence-corrected chi connectivity index (χ4v) is 6.02. The standard InChI is InChI=1S/C24H25FN4O3S/c1-17-8-10-19(11-9-17)29-22-7-3-6-21(22)23(26-29)24(30)27-12-14-28(15-13-27)33(31,32)20-5-2-4-18(25)16-20/h2,4-5,8-11,16H,3,6-7,12-15H2,1H3. The van der Waals surface area contributed by atoms with Gasteiger partial charge in [-0.25, -0.2) is 17.5 Å². The van der Waals surface area contributed by atoms with Gasteiger partial charge in [-0.2, -0.15) is 9.40 Å². The fourth-order valence-electron chi connectivity index (χ4n) is 4.57. The molecule has 0 N–H and O–H groups in total. The first-order chi connectivity index (χ1) is 15.8. The lowest BCUT2D eigenvalue weighted by Gasteiger charge is -2.33. The van der Waals surface area contributed by atoms with Crippen LogP contribution in [0, 0.1) is 12.7 Å². The van der Waals surface area contributed by atoms with Gasteiger partial charge < -0.3 is 4.90 Å². The summed E-state index contributed by atoms with van der Waals surface area (Å²) in [7, 11) is -3.81. The summed E-state index contributed by atoms with van der Waals surface area (Å²) >= 11 is 0. The van der Waals surface area contributed by atoms with Gasteiger partial charge in [0.1, 0.15) is 5.82 Å². The van der Waals surface area contributed by atoms with Crippen LogP contribution >= 0.6 is 0 Å². The molecular weight excluding hydrogens is 443 g/mol. The second kappa shape index (κ2) is 8.39. The molecule has 0 atom stereocenters.